The number of rotatable bonds is 18. The summed E-state index contributed by atoms with van der Waals surface area (Å²) in [7, 11) is 1.63. The zero-order chi connectivity index (χ0) is 21.9. The minimum atomic E-state index is -0.490. The van der Waals surface area contributed by atoms with Crippen molar-refractivity contribution in [2.24, 2.45) is 0 Å². The molecule has 8 nitrogen and oxygen atoms in total. The zero-order valence-corrected chi connectivity index (χ0v) is 17.7. The van der Waals surface area contributed by atoms with E-state index in [4.69, 9.17) is 18.9 Å². The predicted molar refractivity (Wildman–Crippen MR) is 106 cm³/mol. The lowest BCUT2D eigenvalue weighted by molar-refractivity contribution is -0.146. The van der Waals surface area contributed by atoms with E-state index < -0.39 is 5.97 Å². The van der Waals surface area contributed by atoms with Crippen LogP contribution in [0.3, 0.4) is 0 Å². The van der Waals surface area contributed by atoms with Crippen molar-refractivity contribution in [3.63, 3.8) is 0 Å². The van der Waals surface area contributed by atoms with Crippen LogP contribution in [0.15, 0.2) is 12.2 Å². The summed E-state index contributed by atoms with van der Waals surface area (Å²) >= 11 is 0. The van der Waals surface area contributed by atoms with E-state index in [0.29, 0.717) is 45.3 Å². The lowest BCUT2D eigenvalue weighted by Gasteiger charge is -2.07. The van der Waals surface area contributed by atoms with E-state index >= 15 is 0 Å². The smallest absolute Gasteiger partial charge is 0.310 e. The lowest BCUT2D eigenvalue weighted by atomic mass is 10.1. The SMILES string of the molecule is C=C(CC(=O)OCCCCOC(=O)CCCCC(=O)OCCCCOC)C(C)=O. The Morgan fingerprint density at radius 2 is 1.07 bits per heavy atom. The molecule has 8 heteroatoms. The third-order valence-electron chi connectivity index (χ3n) is 3.94. The lowest BCUT2D eigenvalue weighted by Crippen LogP contribution is -2.11. The van der Waals surface area contributed by atoms with Crippen molar-refractivity contribution in [2.45, 2.75) is 64.7 Å². The number of unbranched alkanes of at least 4 members (excludes halogenated alkanes) is 3. The molecule has 0 aliphatic carbocycles. The zero-order valence-electron chi connectivity index (χ0n) is 17.7. The van der Waals surface area contributed by atoms with Gasteiger partial charge in [0.25, 0.3) is 0 Å². The van der Waals surface area contributed by atoms with Crippen molar-refractivity contribution in [1.29, 1.82) is 0 Å². The second-order valence-corrected chi connectivity index (χ2v) is 6.61. The Labute approximate surface area is 172 Å². The molecule has 0 heterocycles. The van der Waals surface area contributed by atoms with Crippen LogP contribution in [-0.2, 0) is 38.1 Å². The van der Waals surface area contributed by atoms with E-state index in [1.54, 1.807) is 7.11 Å². The van der Waals surface area contributed by atoms with E-state index in [1.807, 2.05) is 0 Å². The molecule has 0 aromatic heterocycles. The minimum Gasteiger partial charge on any atom is -0.466 e. The maximum Gasteiger partial charge on any atom is 0.310 e. The molecule has 29 heavy (non-hydrogen) atoms. The molecule has 0 saturated heterocycles. The highest BCUT2D eigenvalue weighted by molar-refractivity contribution is 5.96. The number of hydrogen-bond acceptors (Lipinski definition) is 8. The van der Waals surface area contributed by atoms with Crippen LogP contribution < -0.4 is 0 Å². The van der Waals surface area contributed by atoms with Crippen LogP contribution in [0.5, 0.6) is 0 Å². The van der Waals surface area contributed by atoms with Gasteiger partial charge in [0, 0.05) is 26.6 Å². The van der Waals surface area contributed by atoms with E-state index in [-0.39, 0.29) is 49.4 Å². The average Bonchev–Trinajstić information content (AvgIpc) is 2.67. The summed E-state index contributed by atoms with van der Waals surface area (Å²) in [5, 5.41) is 0. The first-order valence-electron chi connectivity index (χ1n) is 10.0. The van der Waals surface area contributed by atoms with Crippen LogP contribution in [0, 0.1) is 0 Å². The maximum atomic E-state index is 11.6. The van der Waals surface area contributed by atoms with Gasteiger partial charge in [0.2, 0.25) is 0 Å². The number of ketones is 1. The molecule has 0 unspecified atom stereocenters. The molecule has 0 atom stereocenters. The normalized spacial score (nSPS) is 10.3. The molecule has 0 amide bonds. The second-order valence-electron chi connectivity index (χ2n) is 6.61. The number of carbonyl (C=O) groups excluding carboxylic acids is 4. The fraction of sp³-hybridized carbons (Fsp3) is 0.714. The van der Waals surface area contributed by atoms with Gasteiger partial charge in [-0.3, -0.25) is 19.2 Å². The molecule has 0 aromatic carbocycles. The van der Waals surface area contributed by atoms with Gasteiger partial charge in [-0.1, -0.05) is 6.58 Å². The predicted octanol–water partition coefficient (Wildman–Crippen LogP) is 2.92. The molecular weight excluding hydrogens is 380 g/mol. The summed E-state index contributed by atoms with van der Waals surface area (Å²) in [6, 6.07) is 0. The number of esters is 3. The Balaban J connectivity index is 3.50. The van der Waals surface area contributed by atoms with Crippen molar-refractivity contribution >= 4 is 23.7 Å². The number of Topliss-reactive ketones (excluding diaryl/α,β-unsaturated/α-hetero) is 1. The highest BCUT2D eigenvalue weighted by Crippen LogP contribution is 2.05. The number of methoxy groups -OCH3 is 1. The second kappa shape index (κ2) is 17.8. The van der Waals surface area contributed by atoms with Gasteiger partial charge in [0.15, 0.2) is 5.78 Å². The number of hydrogen-bond donors (Lipinski definition) is 0. The van der Waals surface area contributed by atoms with Crippen LogP contribution in [0.1, 0.15) is 64.7 Å². The van der Waals surface area contributed by atoms with Gasteiger partial charge in [-0.2, -0.15) is 0 Å². The third-order valence-corrected chi connectivity index (χ3v) is 3.94. The summed E-state index contributed by atoms with van der Waals surface area (Å²) in [6.07, 6.45) is 4.34. The van der Waals surface area contributed by atoms with Crippen molar-refractivity contribution in [1.82, 2.24) is 0 Å². The van der Waals surface area contributed by atoms with E-state index in [1.165, 1.54) is 6.92 Å². The first-order chi connectivity index (χ1) is 13.9. The Morgan fingerprint density at radius 3 is 1.48 bits per heavy atom. The third kappa shape index (κ3) is 17.6. The number of carbonyl (C=O) groups is 4. The summed E-state index contributed by atoms with van der Waals surface area (Å²) in [5.41, 5.74) is 0.222. The van der Waals surface area contributed by atoms with Gasteiger partial charge in [-0.05, 0) is 51.0 Å². The largest absolute Gasteiger partial charge is 0.466 e. The van der Waals surface area contributed by atoms with E-state index in [2.05, 4.69) is 6.58 Å². The average molecular weight is 414 g/mol. The standard InChI is InChI=1S/C21H34O8/c1-17(18(2)22)16-21(25)29-15-9-8-14-28-20(24)11-5-4-10-19(23)27-13-7-6-12-26-3/h1,4-16H2,2-3H3. The molecule has 0 aliphatic heterocycles. The van der Waals surface area contributed by atoms with Crippen molar-refractivity contribution in [2.75, 3.05) is 33.5 Å². The molecular formula is C21H34O8. The fourth-order valence-corrected chi connectivity index (χ4v) is 2.14. The molecule has 0 aliphatic rings. The Bertz CT molecular complexity index is 527. The van der Waals surface area contributed by atoms with Gasteiger partial charge in [0.05, 0.1) is 26.2 Å². The molecule has 0 saturated carbocycles. The van der Waals surface area contributed by atoms with Crippen molar-refractivity contribution in [3.05, 3.63) is 12.2 Å². The summed E-state index contributed by atoms with van der Waals surface area (Å²) in [6.45, 7) is 6.35. The molecule has 166 valence electrons. The quantitative estimate of drug-likeness (QED) is 0.146. The van der Waals surface area contributed by atoms with Gasteiger partial charge >= 0.3 is 17.9 Å². The van der Waals surface area contributed by atoms with Crippen molar-refractivity contribution in [3.8, 4) is 0 Å². The fourth-order valence-electron chi connectivity index (χ4n) is 2.14. The Kier molecular flexibility index (Phi) is 16.5. The molecule has 0 aromatic rings. The monoisotopic (exact) mass is 414 g/mol. The highest BCUT2D eigenvalue weighted by Gasteiger charge is 2.09. The molecule has 0 rings (SSSR count). The molecule has 0 N–H and O–H groups in total. The topological polar surface area (TPSA) is 105 Å². The molecule has 0 fully saturated rings. The highest BCUT2D eigenvalue weighted by atomic mass is 16.5. The molecule has 0 spiro atoms. The molecule has 0 bridgehead atoms. The van der Waals surface area contributed by atoms with E-state index in [0.717, 1.165) is 12.8 Å². The van der Waals surface area contributed by atoms with Crippen LogP contribution in [-0.4, -0.2) is 57.2 Å². The van der Waals surface area contributed by atoms with Crippen LogP contribution in [0.2, 0.25) is 0 Å². The summed E-state index contributed by atoms with van der Waals surface area (Å²) in [4.78, 5) is 45.5. The molecule has 0 radical (unpaired) electrons. The number of ether oxygens (including phenoxy) is 4. The van der Waals surface area contributed by atoms with Gasteiger partial charge in [-0.15, -0.1) is 0 Å². The maximum absolute atomic E-state index is 11.6. The van der Waals surface area contributed by atoms with Crippen LogP contribution in [0.4, 0.5) is 0 Å². The van der Waals surface area contributed by atoms with E-state index in [9.17, 15) is 19.2 Å². The van der Waals surface area contributed by atoms with Gasteiger partial charge < -0.3 is 18.9 Å². The van der Waals surface area contributed by atoms with Gasteiger partial charge in [0.1, 0.15) is 0 Å². The Morgan fingerprint density at radius 1 is 0.655 bits per heavy atom. The first-order valence-corrected chi connectivity index (χ1v) is 10.0. The summed E-state index contributed by atoms with van der Waals surface area (Å²) in [5.74, 6) is -1.29. The van der Waals surface area contributed by atoms with Gasteiger partial charge in [-0.25, -0.2) is 0 Å². The first kappa shape index (κ1) is 26.8. The summed E-state index contributed by atoms with van der Waals surface area (Å²) < 4.78 is 20.1. The minimum absolute atomic E-state index is 0.105. The van der Waals surface area contributed by atoms with Crippen LogP contribution >= 0.6 is 0 Å². The van der Waals surface area contributed by atoms with Crippen LogP contribution in [0.25, 0.3) is 0 Å². The van der Waals surface area contributed by atoms with Crippen molar-refractivity contribution < 1.29 is 38.1 Å². The Hall–Kier alpha value is -2.22.